The summed E-state index contributed by atoms with van der Waals surface area (Å²) in [5.41, 5.74) is 2.54. The van der Waals surface area contributed by atoms with Crippen LogP contribution in [-0.4, -0.2) is 35.3 Å². The highest BCUT2D eigenvalue weighted by molar-refractivity contribution is 7.94. The Kier molecular flexibility index (Phi) is 6.83. The fourth-order valence-electron chi connectivity index (χ4n) is 2.41. The number of halogens is 1. The third-order valence-corrected chi connectivity index (χ3v) is 4.06. The number of hydrogen-bond donors (Lipinski definition) is 0. The normalized spacial score (nSPS) is 15.0. The molecule has 6 heteroatoms. The molecular weight excluding hydrogens is 299 g/mol. The molecule has 1 fully saturated rings. The average molecular weight is 322 g/mol. The zero-order chi connectivity index (χ0) is 15.8. The highest BCUT2D eigenvalue weighted by Crippen LogP contribution is 2.19. The van der Waals surface area contributed by atoms with Gasteiger partial charge in [-0.25, -0.2) is 9.97 Å². The smallest absolute Gasteiger partial charge is 0.225 e. The van der Waals surface area contributed by atoms with E-state index in [2.05, 4.69) is 28.4 Å². The van der Waals surface area contributed by atoms with E-state index in [0.717, 1.165) is 45.3 Å². The fraction of sp³-hybridized carbons (Fsp3) is 0.562. The third kappa shape index (κ3) is 5.40. The van der Waals surface area contributed by atoms with Crippen molar-refractivity contribution >= 4 is 23.8 Å². The first-order valence-corrected chi connectivity index (χ1v) is 8.43. The Morgan fingerprint density at radius 1 is 1.32 bits per heavy atom. The number of rotatable bonds is 7. The van der Waals surface area contributed by atoms with Gasteiger partial charge in [0.25, 0.3) is 0 Å². The summed E-state index contributed by atoms with van der Waals surface area (Å²) in [7, 11) is 0. The molecule has 1 saturated heterocycles. The molecule has 1 aromatic heterocycles. The lowest BCUT2D eigenvalue weighted by Gasteiger charge is -2.27. The molecule has 0 N–H and O–H groups in total. The van der Waals surface area contributed by atoms with E-state index in [4.69, 9.17) is 4.99 Å². The van der Waals surface area contributed by atoms with Crippen molar-refractivity contribution in [3.8, 4) is 0 Å². The summed E-state index contributed by atoms with van der Waals surface area (Å²) in [6, 6.07) is 0. The van der Waals surface area contributed by atoms with Crippen molar-refractivity contribution in [2.24, 2.45) is 4.99 Å². The molecule has 120 valence electrons. The van der Waals surface area contributed by atoms with Gasteiger partial charge in [0.05, 0.1) is 17.0 Å². The van der Waals surface area contributed by atoms with Crippen LogP contribution in [0.4, 0.5) is 9.83 Å². The van der Waals surface area contributed by atoms with Crippen molar-refractivity contribution in [1.82, 2.24) is 9.97 Å². The highest BCUT2D eigenvalue weighted by Gasteiger charge is 2.17. The summed E-state index contributed by atoms with van der Waals surface area (Å²) in [5, 5.41) is 0. The second-order valence-electron chi connectivity index (χ2n) is 5.65. The molecule has 4 nitrogen and oxygen atoms in total. The first kappa shape index (κ1) is 16.9. The van der Waals surface area contributed by atoms with E-state index in [0.29, 0.717) is 10.8 Å². The molecule has 0 amide bonds. The SMILES string of the molecule is C=C(C)CCCCN=C1CCN(c2ncc(SF)cn2)CC1. The minimum atomic E-state index is 0.171. The van der Waals surface area contributed by atoms with Crippen LogP contribution in [0.3, 0.4) is 0 Å². The Hall–Kier alpha value is -1.43. The minimum Gasteiger partial charge on any atom is -0.340 e. The maximum absolute atomic E-state index is 12.4. The number of piperidine rings is 1. The maximum Gasteiger partial charge on any atom is 0.225 e. The second kappa shape index (κ2) is 8.88. The summed E-state index contributed by atoms with van der Waals surface area (Å²) in [4.78, 5) is 15.7. The molecule has 2 heterocycles. The van der Waals surface area contributed by atoms with Crippen LogP contribution < -0.4 is 4.90 Å². The van der Waals surface area contributed by atoms with E-state index in [1.165, 1.54) is 30.1 Å². The van der Waals surface area contributed by atoms with Crippen LogP contribution in [0, 0.1) is 0 Å². The molecule has 0 radical (unpaired) electrons. The number of unbranched alkanes of at least 4 members (excludes halogenated alkanes) is 1. The molecule has 2 rings (SSSR count). The average Bonchev–Trinajstić information content (AvgIpc) is 2.55. The molecule has 0 saturated carbocycles. The van der Waals surface area contributed by atoms with Gasteiger partial charge in [0.15, 0.2) is 0 Å². The summed E-state index contributed by atoms with van der Waals surface area (Å²) >= 11 is 0.171. The highest BCUT2D eigenvalue weighted by atomic mass is 32.2. The lowest BCUT2D eigenvalue weighted by atomic mass is 10.1. The maximum atomic E-state index is 12.4. The largest absolute Gasteiger partial charge is 0.340 e. The summed E-state index contributed by atoms with van der Waals surface area (Å²) in [6.45, 7) is 8.67. The van der Waals surface area contributed by atoms with Crippen molar-refractivity contribution in [2.75, 3.05) is 24.5 Å². The van der Waals surface area contributed by atoms with Gasteiger partial charge in [-0.15, -0.1) is 6.58 Å². The lowest BCUT2D eigenvalue weighted by Crippen LogP contribution is -2.35. The molecule has 1 aliphatic heterocycles. The third-order valence-electron chi connectivity index (χ3n) is 3.67. The molecule has 0 atom stereocenters. The van der Waals surface area contributed by atoms with Gasteiger partial charge in [0.2, 0.25) is 5.95 Å². The Labute approximate surface area is 136 Å². The van der Waals surface area contributed by atoms with Crippen LogP contribution in [0.15, 0.2) is 34.4 Å². The van der Waals surface area contributed by atoms with Gasteiger partial charge in [-0.05, 0) is 26.2 Å². The predicted molar refractivity (Wildman–Crippen MR) is 91.4 cm³/mol. The molecule has 1 aliphatic rings. The number of aromatic nitrogens is 2. The zero-order valence-corrected chi connectivity index (χ0v) is 13.9. The van der Waals surface area contributed by atoms with Crippen LogP contribution >= 0.6 is 12.1 Å². The number of aliphatic imine (C=N–C) groups is 1. The summed E-state index contributed by atoms with van der Waals surface area (Å²) < 4.78 is 12.4. The number of nitrogens with zero attached hydrogens (tertiary/aromatic N) is 4. The van der Waals surface area contributed by atoms with Gasteiger partial charge in [-0.2, -0.15) is 3.89 Å². The van der Waals surface area contributed by atoms with Crippen LogP contribution in [0.2, 0.25) is 0 Å². The Morgan fingerprint density at radius 2 is 2.00 bits per heavy atom. The number of hydrogen-bond acceptors (Lipinski definition) is 5. The van der Waals surface area contributed by atoms with Crippen LogP contribution in [0.5, 0.6) is 0 Å². The fourth-order valence-corrected chi connectivity index (χ4v) is 2.60. The molecule has 0 spiro atoms. The summed E-state index contributed by atoms with van der Waals surface area (Å²) in [5.74, 6) is 0.679. The van der Waals surface area contributed by atoms with Gasteiger partial charge in [-0.3, -0.25) is 4.99 Å². The van der Waals surface area contributed by atoms with Crippen molar-refractivity contribution in [1.29, 1.82) is 0 Å². The van der Waals surface area contributed by atoms with Crippen LogP contribution in [-0.2, 0) is 0 Å². The first-order valence-electron chi connectivity index (χ1n) is 7.71. The van der Waals surface area contributed by atoms with Gasteiger partial charge < -0.3 is 4.90 Å². The van der Waals surface area contributed by atoms with E-state index >= 15 is 0 Å². The number of anilines is 1. The van der Waals surface area contributed by atoms with Crippen molar-refractivity contribution in [3.63, 3.8) is 0 Å². The number of allylic oxidation sites excluding steroid dienone is 1. The molecule has 0 unspecified atom stereocenters. The molecule has 0 aromatic carbocycles. The molecule has 22 heavy (non-hydrogen) atoms. The second-order valence-corrected chi connectivity index (χ2v) is 6.27. The van der Waals surface area contributed by atoms with E-state index in [1.54, 1.807) is 0 Å². The lowest BCUT2D eigenvalue weighted by molar-refractivity contribution is 0.709. The molecule has 0 aliphatic carbocycles. The van der Waals surface area contributed by atoms with E-state index in [1.807, 2.05) is 0 Å². The molecular formula is C16H23FN4S. The van der Waals surface area contributed by atoms with Crippen molar-refractivity contribution < 1.29 is 3.89 Å². The van der Waals surface area contributed by atoms with Crippen molar-refractivity contribution in [2.45, 2.75) is 43.9 Å². The van der Waals surface area contributed by atoms with E-state index in [9.17, 15) is 3.89 Å². The quantitative estimate of drug-likeness (QED) is 0.556. The zero-order valence-electron chi connectivity index (χ0n) is 13.1. The van der Waals surface area contributed by atoms with Crippen LogP contribution in [0.1, 0.15) is 39.0 Å². The monoisotopic (exact) mass is 322 g/mol. The first-order chi connectivity index (χ1) is 10.7. The predicted octanol–water partition coefficient (Wildman–Crippen LogP) is 4.24. The standard InChI is InChI=1S/C16H23FN4S/c1-13(2)5-3-4-8-18-14-6-9-21(10-7-14)16-19-11-15(22-17)12-20-16/h11-12H,1,3-10H2,2H3. The Bertz CT molecular complexity index is 505. The Morgan fingerprint density at radius 3 is 2.59 bits per heavy atom. The Balaban J connectivity index is 1.73. The molecule has 0 bridgehead atoms. The van der Waals surface area contributed by atoms with E-state index < -0.39 is 0 Å². The summed E-state index contributed by atoms with van der Waals surface area (Å²) in [6.07, 6.45) is 8.38. The van der Waals surface area contributed by atoms with Crippen LogP contribution in [0.25, 0.3) is 0 Å². The van der Waals surface area contributed by atoms with Crippen molar-refractivity contribution in [3.05, 3.63) is 24.5 Å². The molecule has 1 aromatic rings. The minimum absolute atomic E-state index is 0.171. The van der Waals surface area contributed by atoms with Gasteiger partial charge in [-0.1, -0.05) is 5.57 Å². The topological polar surface area (TPSA) is 41.4 Å². The van der Waals surface area contributed by atoms with Gasteiger partial charge >= 0.3 is 0 Å². The van der Waals surface area contributed by atoms with Gasteiger partial charge in [0, 0.05) is 50.6 Å². The van der Waals surface area contributed by atoms with E-state index in [-0.39, 0.29) is 12.1 Å². The van der Waals surface area contributed by atoms with Gasteiger partial charge in [0.1, 0.15) is 0 Å².